The van der Waals surface area contributed by atoms with Gasteiger partial charge in [0.25, 0.3) is 0 Å². The maximum atomic E-state index is 10.9. The molecule has 0 bridgehead atoms. The minimum Gasteiger partial charge on any atom is -0.490 e. The predicted octanol–water partition coefficient (Wildman–Crippen LogP) is 2.59. The molecule has 0 aliphatic rings. The molecule has 0 spiro atoms. The fourth-order valence-electron chi connectivity index (χ4n) is 1.49. The number of hydrogen-bond acceptors (Lipinski definition) is 3. The van der Waals surface area contributed by atoms with Crippen molar-refractivity contribution in [1.29, 1.82) is 0 Å². The minimum absolute atomic E-state index is 0.00224. The fourth-order valence-corrected chi connectivity index (χ4v) is 1.49. The van der Waals surface area contributed by atoms with Crippen molar-refractivity contribution in [3.05, 3.63) is 35.9 Å². The van der Waals surface area contributed by atoms with Crippen LogP contribution in [0.3, 0.4) is 0 Å². The highest BCUT2D eigenvalue weighted by molar-refractivity contribution is 5.72. The summed E-state index contributed by atoms with van der Waals surface area (Å²) in [6.45, 7) is 4.01. The van der Waals surface area contributed by atoms with Gasteiger partial charge < -0.3 is 14.6 Å². The molecule has 0 aliphatic heterocycles. The summed E-state index contributed by atoms with van der Waals surface area (Å²) in [4.78, 5) is 10.9. The van der Waals surface area contributed by atoms with Crippen LogP contribution in [0.25, 0.3) is 6.08 Å². The molecule has 4 nitrogen and oxygen atoms in total. The van der Waals surface area contributed by atoms with Gasteiger partial charge in [-0.05, 0) is 19.9 Å². The summed E-state index contributed by atoms with van der Waals surface area (Å²) in [7, 11) is 0. The molecule has 4 heteroatoms. The number of aliphatic carboxylic acids is 1. The molecule has 0 saturated carbocycles. The minimum atomic E-state index is -1.01. The van der Waals surface area contributed by atoms with E-state index < -0.39 is 12.1 Å². The summed E-state index contributed by atoms with van der Waals surface area (Å²) < 4.78 is 10.6. The highest BCUT2D eigenvalue weighted by atomic mass is 16.5. The maximum Gasteiger partial charge on any atom is 0.336 e. The van der Waals surface area contributed by atoms with Gasteiger partial charge in [0.15, 0.2) is 6.10 Å². The molecule has 0 amide bonds. The molecule has 1 unspecified atom stereocenters. The zero-order valence-electron chi connectivity index (χ0n) is 10.6. The number of para-hydroxylation sites is 1. The first-order valence-corrected chi connectivity index (χ1v) is 5.88. The Morgan fingerprint density at radius 2 is 2.17 bits per heavy atom. The molecule has 0 radical (unpaired) electrons. The van der Waals surface area contributed by atoms with Crippen LogP contribution in [-0.4, -0.2) is 30.4 Å². The van der Waals surface area contributed by atoms with Crippen molar-refractivity contribution in [1.82, 2.24) is 0 Å². The summed E-state index contributed by atoms with van der Waals surface area (Å²) in [5.41, 5.74) is 0.917. The molecule has 1 atom stereocenters. The number of hydrogen-bond donors (Lipinski definition) is 1. The first-order chi connectivity index (χ1) is 8.69. The molecule has 1 N–H and O–H groups in total. The Morgan fingerprint density at radius 1 is 1.44 bits per heavy atom. The lowest BCUT2D eigenvalue weighted by atomic mass is 10.2. The molecule has 1 rings (SSSR count). The Balaban J connectivity index is 2.69. The van der Waals surface area contributed by atoms with E-state index in [2.05, 4.69) is 0 Å². The zero-order valence-corrected chi connectivity index (χ0v) is 10.6. The Hall–Kier alpha value is -1.81. The van der Waals surface area contributed by atoms with Gasteiger partial charge >= 0.3 is 5.97 Å². The van der Waals surface area contributed by atoms with Crippen LogP contribution >= 0.6 is 0 Å². The number of carbonyl (C=O) groups is 1. The summed E-state index contributed by atoms with van der Waals surface area (Å²) in [5.74, 6) is -0.359. The van der Waals surface area contributed by atoms with Crippen molar-refractivity contribution in [3.8, 4) is 5.75 Å². The number of carboxylic acid groups (broad SMARTS) is 1. The number of carboxylic acids is 1. The molecular formula is C14H18O4. The van der Waals surface area contributed by atoms with E-state index in [1.165, 1.54) is 0 Å². The molecule has 0 fully saturated rings. The summed E-state index contributed by atoms with van der Waals surface area (Å²) >= 11 is 0. The average molecular weight is 250 g/mol. The van der Waals surface area contributed by atoms with Gasteiger partial charge in [-0.3, -0.25) is 0 Å². The van der Waals surface area contributed by atoms with Gasteiger partial charge in [-0.25, -0.2) is 4.79 Å². The lowest BCUT2D eigenvalue weighted by Crippen LogP contribution is -2.30. The van der Waals surface area contributed by atoms with Crippen LogP contribution in [0, 0.1) is 0 Å². The van der Waals surface area contributed by atoms with E-state index in [9.17, 15) is 4.79 Å². The second-order valence-electron chi connectivity index (χ2n) is 3.63. The molecule has 0 saturated heterocycles. The van der Waals surface area contributed by atoms with Crippen molar-refractivity contribution < 1.29 is 19.4 Å². The first-order valence-electron chi connectivity index (χ1n) is 5.88. The highest BCUT2D eigenvalue weighted by Crippen LogP contribution is 2.19. The van der Waals surface area contributed by atoms with E-state index in [-0.39, 0.29) is 6.61 Å². The molecule has 0 aliphatic carbocycles. The monoisotopic (exact) mass is 250 g/mol. The van der Waals surface area contributed by atoms with Gasteiger partial charge in [-0.2, -0.15) is 0 Å². The third-order valence-corrected chi connectivity index (χ3v) is 2.30. The lowest BCUT2D eigenvalue weighted by Gasteiger charge is -2.14. The summed E-state index contributed by atoms with van der Waals surface area (Å²) in [6.07, 6.45) is 2.87. The number of rotatable bonds is 7. The maximum absolute atomic E-state index is 10.9. The Bertz CT molecular complexity index is 412. The van der Waals surface area contributed by atoms with Crippen LogP contribution in [-0.2, 0) is 9.53 Å². The van der Waals surface area contributed by atoms with E-state index >= 15 is 0 Å². The third kappa shape index (κ3) is 4.22. The molecule has 1 aromatic rings. The van der Waals surface area contributed by atoms with Crippen LogP contribution in [0.1, 0.15) is 19.4 Å². The van der Waals surface area contributed by atoms with E-state index in [1.54, 1.807) is 13.0 Å². The van der Waals surface area contributed by atoms with Gasteiger partial charge in [-0.15, -0.1) is 0 Å². The topological polar surface area (TPSA) is 55.8 Å². The van der Waals surface area contributed by atoms with E-state index in [1.807, 2.05) is 37.3 Å². The Morgan fingerprint density at radius 3 is 2.78 bits per heavy atom. The van der Waals surface area contributed by atoms with Gasteiger partial charge in [0.2, 0.25) is 0 Å². The van der Waals surface area contributed by atoms with Crippen LogP contribution in [0.2, 0.25) is 0 Å². The second kappa shape index (κ2) is 7.50. The van der Waals surface area contributed by atoms with Crippen LogP contribution in [0.15, 0.2) is 30.3 Å². The van der Waals surface area contributed by atoms with Crippen molar-refractivity contribution in [2.45, 2.75) is 20.0 Å². The van der Waals surface area contributed by atoms with Crippen molar-refractivity contribution >= 4 is 12.0 Å². The van der Waals surface area contributed by atoms with Gasteiger partial charge in [0.1, 0.15) is 12.4 Å². The summed E-state index contributed by atoms with van der Waals surface area (Å²) in [5, 5.41) is 8.94. The quantitative estimate of drug-likeness (QED) is 0.808. The molecule has 18 heavy (non-hydrogen) atoms. The fraction of sp³-hybridized carbons (Fsp3) is 0.357. The smallest absolute Gasteiger partial charge is 0.336 e. The third-order valence-electron chi connectivity index (χ3n) is 2.30. The van der Waals surface area contributed by atoms with E-state index in [0.29, 0.717) is 12.4 Å². The first kappa shape index (κ1) is 14.3. The SMILES string of the molecule is CC=Cc1ccccc1OCC(OCC)C(=O)O. The Labute approximate surface area is 107 Å². The van der Waals surface area contributed by atoms with Gasteiger partial charge in [0, 0.05) is 12.2 Å². The molecular weight excluding hydrogens is 232 g/mol. The predicted molar refractivity (Wildman–Crippen MR) is 69.7 cm³/mol. The van der Waals surface area contributed by atoms with E-state index in [0.717, 1.165) is 5.56 Å². The van der Waals surface area contributed by atoms with Crippen molar-refractivity contribution in [2.24, 2.45) is 0 Å². The van der Waals surface area contributed by atoms with Crippen LogP contribution in [0.5, 0.6) is 5.75 Å². The molecule has 0 aromatic heterocycles. The Kier molecular flexibility index (Phi) is 5.94. The number of allylic oxidation sites excluding steroid dienone is 1. The number of ether oxygens (including phenoxy) is 2. The lowest BCUT2D eigenvalue weighted by molar-refractivity contribution is -0.152. The van der Waals surface area contributed by atoms with Gasteiger partial charge in [-0.1, -0.05) is 30.4 Å². The van der Waals surface area contributed by atoms with Gasteiger partial charge in [0.05, 0.1) is 0 Å². The van der Waals surface area contributed by atoms with Crippen LogP contribution < -0.4 is 4.74 Å². The van der Waals surface area contributed by atoms with E-state index in [4.69, 9.17) is 14.6 Å². The molecule has 98 valence electrons. The zero-order chi connectivity index (χ0) is 13.4. The average Bonchev–Trinajstić information content (AvgIpc) is 2.36. The standard InChI is InChI=1S/C14H18O4/c1-3-7-11-8-5-6-9-12(11)18-10-13(14(15)16)17-4-2/h3,5-9,13H,4,10H2,1-2H3,(H,15,16). The van der Waals surface area contributed by atoms with Crippen molar-refractivity contribution in [3.63, 3.8) is 0 Å². The second-order valence-corrected chi connectivity index (χ2v) is 3.63. The van der Waals surface area contributed by atoms with Crippen molar-refractivity contribution in [2.75, 3.05) is 13.2 Å². The molecule has 0 heterocycles. The molecule has 1 aromatic carbocycles. The van der Waals surface area contributed by atoms with Crippen LogP contribution in [0.4, 0.5) is 0 Å². The normalized spacial score (nSPS) is 12.6. The largest absolute Gasteiger partial charge is 0.490 e. The summed E-state index contributed by atoms with van der Waals surface area (Å²) in [6, 6.07) is 7.46. The highest BCUT2D eigenvalue weighted by Gasteiger charge is 2.18. The number of benzene rings is 1.